The Morgan fingerprint density at radius 1 is 1.00 bits per heavy atom. The monoisotopic (exact) mass is 520 g/mol. The number of unbranched alkanes of at least 4 members (excludes halogenated alkanes) is 3. The third kappa shape index (κ3) is 6.05. The molecule has 24 heavy (non-hydrogen) atoms. The van der Waals surface area contributed by atoms with Crippen LogP contribution < -0.4 is 4.74 Å². The minimum atomic E-state index is -0.0328. The average molecular weight is 522 g/mol. The minimum absolute atomic E-state index is 0.0328. The van der Waals surface area contributed by atoms with Crippen LogP contribution in [0.2, 0.25) is 5.02 Å². The lowest BCUT2D eigenvalue weighted by Crippen LogP contribution is -2.03. The zero-order valence-electron chi connectivity index (χ0n) is 13.2. The maximum Gasteiger partial charge on any atom is 0.193 e. The van der Waals surface area contributed by atoms with E-state index >= 15 is 0 Å². The molecule has 0 heterocycles. The van der Waals surface area contributed by atoms with E-state index in [9.17, 15) is 4.79 Å². The Hall–Kier alpha value is -0.590. The number of hydrogen-bond acceptors (Lipinski definition) is 2. The van der Waals surface area contributed by atoms with Crippen LogP contribution in [0.1, 0.15) is 41.6 Å². The number of carbonyl (C=O) groups excluding carboxylic acids is 1. The van der Waals surface area contributed by atoms with Gasteiger partial charge in [0.25, 0.3) is 0 Å². The van der Waals surface area contributed by atoms with E-state index in [1.54, 1.807) is 18.2 Å². The first-order valence-corrected chi connectivity index (χ1v) is 10.5. The highest BCUT2D eigenvalue weighted by Gasteiger charge is 2.11. The van der Waals surface area contributed by atoms with Gasteiger partial charge >= 0.3 is 0 Å². The predicted molar refractivity (Wildman–Crippen MR) is 112 cm³/mol. The highest BCUT2D eigenvalue weighted by atomic mass is 127. The van der Waals surface area contributed by atoms with Crippen molar-refractivity contribution >= 4 is 55.9 Å². The van der Waals surface area contributed by atoms with Crippen molar-refractivity contribution in [2.75, 3.05) is 11.9 Å². The van der Waals surface area contributed by atoms with E-state index in [0.29, 0.717) is 28.5 Å². The number of rotatable bonds is 9. The molecule has 0 fully saturated rings. The highest BCUT2D eigenvalue weighted by molar-refractivity contribution is 14.1. The zero-order valence-corrected chi connectivity index (χ0v) is 17.7. The van der Waals surface area contributed by atoms with Crippen molar-refractivity contribution in [1.82, 2.24) is 0 Å². The van der Waals surface area contributed by atoms with Crippen molar-refractivity contribution in [2.24, 2.45) is 0 Å². The van der Waals surface area contributed by atoms with Gasteiger partial charge in [-0.2, -0.15) is 0 Å². The molecule has 0 spiro atoms. The molecule has 0 aliphatic rings. The Morgan fingerprint density at radius 2 is 1.67 bits per heavy atom. The largest absolute Gasteiger partial charge is 0.492 e. The van der Waals surface area contributed by atoms with Crippen LogP contribution in [0, 0.1) is 3.57 Å². The minimum Gasteiger partial charge on any atom is -0.492 e. The van der Waals surface area contributed by atoms with Crippen LogP contribution in [0.25, 0.3) is 0 Å². The first-order chi connectivity index (χ1) is 11.6. The summed E-state index contributed by atoms with van der Waals surface area (Å²) in [6, 6.07) is 12.7. The molecule has 0 aromatic heterocycles. The maximum atomic E-state index is 12.5. The molecule has 128 valence electrons. The smallest absolute Gasteiger partial charge is 0.193 e. The van der Waals surface area contributed by atoms with E-state index in [1.807, 2.05) is 24.3 Å². The number of ether oxygens (including phenoxy) is 1. The Kier molecular flexibility index (Phi) is 8.56. The molecule has 0 N–H and O–H groups in total. The van der Waals surface area contributed by atoms with E-state index in [0.717, 1.165) is 21.7 Å². The van der Waals surface area contributed by atoms with Gasteiger partial charge < -0.3 is 4.74 Å². The van der Waals surface area contributed by atoms with Gasteiger partial charge in [0.2, 0.25) is 0 Å². The van der Waals surface area contributed by atoms with E-state index in [-0.39, 0.29) is 5.78 Å². The number of halogens is 3. The second kappa shape index (κ2) is 10.4. The summed E-state index contributed by atoms with van der Waals surface area (Å²) in [5, 5.41) is 1.53. The molecule has 0 unspecified atom stereocenters. The van der Waals surface area contributed by atoms with Crippen molar-refractivity contribution in [1.29, 1.82) is 0 Å². The second-order valence-corrected chi connectivity index (χ2v) is 7.88. The van der Waals surface area contributed by atoms with E-state index in [4.69, 9.17) is 16.3 Å². The maximum absolute atomic E-state index is 12.5. The lowest BCUT2D eigenvalue weighted by atomic mass is 10.0. The molecule has 2 rings (SSSR count). The molecule has 2 aromatic rings. The fraction of sp³-hybridized carbons (Fsp3) is 0.316. The SMILES string of the molecule is O=C(c1ccc(I)cc1)c1ccc(OCCCCCCBr)c(Cl)c1. The van der Waals surface area contributed by atoms with Crippen LogP contribution in [0.4, 0.5) is 0 Å². The molecule has 0 radical (unpaired) electrons. The predicted octanol–water partition coefficient (Wildman–Crippen LogP) is 6.51. The fourth-order valence-corrected chi connectivity index (χ4v) is 3.25. The molecule has 2 nitrogen and oxygen atoms in total. The quantitative estimate of drug-likeness (QED) is 0.163. The molecule has 0 saturated heterocycles. The van der Waals surface area contributed by atoms with Crippen molar-refractivity contribution in [3.8, 4) is 5.75 Å². The molecule has 0 atom stereocenters. The Balaban J connectivity index is 1.94. The van der Waals surface area contributed by atoms with Gasteiger partial charge in [0.05, 0.1) is 11.6 Å². The molecular weight excluding hydrogens is 502 g/mol. The third-order valence-electron chi connectivity index (χ3n) is 3.59. The summed E-state index contributed by atoms with van der Waals surface area (Å²) in [6.45, 7) is 0.645. The summed E-state index contributed by atoms with van der Waals surface area (Å²) in [5.41, 5.74) is 1.23. The summed E-state index contributed by atoms with van der Waals surface area (Å²) in [5.74, 6) is 0.603. The highest BCUT2D eigenvalue weighted by Crippen LogP contribution is 2.27. The Morgan fingerprint density at radius 3 is 2.33 bits per heavy atom. The number of alkyl halides is 1. The van der Waals surface area contributed by atoms with Crippen molar-refractivity contribution in [3.63, 3.8) is 0 Å². The van der Waals surface area contributed by atoms with Gasteiger partial charge in [0.1, 0.15) is 5.75 Å². The first-order valence-electron chi connectivity index (χ1n) is 7.90. The number of carbonyl (C=O) groups is 1. The van der Waals surface area contributed by atoms with Gasteiger partial charge in [-0.25, -0.2) is 0 Å². The molecule has 5 heteroatoms. The van der Waals surface area contributed by atoms with Crippen molar-refractivity contribution in [3.05, 3.63) is 62.2 Å². The van der Waals surface area contributed by atoms with Gasteiger partial charge in [-0.15, -0.1) is 0 Å². The number of ketones is 1. The van der Waals surface area contributed by atoms with Crippen molar-refractivity contribution in [2.45, 2.75) is 25.7 Å². The molecule has 0 saturated carbocycles. The molecule has 0 amide bonds. The lowest BCUT2D eigenvalue weighted by molar-refractivity contribution is 0.103. The van der Waals surface area contributed by atoms with Crippen LogP contribution in [-0.4, -0.2) is 17.7 Å². The zero-order chi connectivity index (χ0) is 17.4. The molecule has 2 aromatic carbocycles. The Bertz CT molecular complexity index is 674. The normalized spacial score (nSPS) is 10.6. The van der Waals surface area contributed by atoms with Crippen LogP contribution in [0.5, 0.6) is 5.75 Å². The van der Waals surface area contributed by atoms with Crippen LogP contribution in [0.3, 0.4) is 0 Å². The van der Waals surface area contributed by atoms with Crippen molar-refractivity contribution < 1.29 is 9.53 Å². The molecule has 0 bridgehead atoms. The van der Waals surface area contributed by atoms with Gasteiger partial charge in [0.15, 0.2) is 5.78 Å². The Labute approximate surface area is 170 Å². The fourth-order valence-electron chi connectivity index (χ4n) is 2.26. The van der Waals surface area contributed by atoms with Crippen LogP contribution in [0.15, 0.2) is 42.5 Å². The summed E-state index contributed by atoms with van der Waals surface area (Å²) >= 11 is 11.9. The van der Waals surface area contributed by atoms with E-state index in [2.05, 4.69) is 38.5 Å². The standard InChI is InChI=1S/C19H19BrClIO2/c20-11-3-1-2-4-12-24-18-10-7-15(13-17(18)21)19(23)14-5-8-16(22)9-6-14/h5-10,13H,1-4,11-12H2. The van der Waals surface area contributed by atoms with E-state index < -0.39 is 0 Å². The summed E-state index contributed by atoms with van der Waals surface area (Å²) in [4.78, 5) is 12.5. The molecular formula is C19H19BrClIO2. The third-order valence-corrected chi connectivity index (χ3v) is 5.16. The number of hydrogen-bond donors (Lipinski definition) is 0. The summed E-state index contributed by atoms with van der Waals surface area (Å²) in [7, 11) is 0. The van der Waals surface area contributed by atoms with Crippen LogP contribution in [-0.2, 0) is 0 Å². The van der Waals surface area contributed by atoms with Gasteiger partial charge in [-0.1, -0.05) is 40.4 Å². The summed E-state index contributed by atoms with van der Waals surface area (Å²) in [6.07, 6.45) is 4.54. The van der Waals surface area contributed by atoms with Crippen LogP contribution >= 0.6 is 50.1 Å². The van der Waals surface area contributed by atoms with Gasteiger partial charge in [-0.05, 0) is 77.9 Å². The van der Waals surface area contributed by atoms with Gasteiger partial charge in [0, 0.05) is 20.0 Å². The first kappa shape index (κ1) is 19.7. The summed E-state index contributed by atoms with van der Waals surface area (Å²) < 4.78 is 6.82. The average Bonchev–Trinajstić information content (AvgIpc) is 2.59. The molecule has 0 aliphatic carbocycles. The lowest BCUT2D eigenvalue weighted by Gasteiger charge is -2.09. The topological polar surface area (TPSA) is 26.3 Å². The van der Waals surface area contributed by atoms with Gasteiger partial charge in [-0.3, -0.25) is 4.79 Å². The number of benzene rings is 2. The van der Waals surface area contributed by atoms with E-state index in [1.165, 1.54) is 12.8 Å². The molecule has 0 aliphatic heterocycles. The second-order valence-electron chi connectivity index (χ2n) is 5.43.